The van der Waals surface area contributed by atoms with Gasteiger partial charge in [-0.25, -0.2) is 0 Å². The maximum Gasteiger partial charge on any atom is 0.0230 e. The number of nitrogens with zero attached hydrogens (tertiary/aromatic N) is 1. The SMILES string of the molecule is CC=CN(C(C)C)C(C)C. The van der Waals surface area contributed by atoms with Gasteiger partial charge in [0.2, 0.25) is 0 Å². The molecule has 0 aromatic heterocycles. The normalized spacial score (nSPS) is 11.9. The maximum atomic E-state index is 2.33. The van der Waals surface area contributed by atoms with Crippen molar-refractivity contribution < 1.29 is 0 Å². The summed E-state index contributed by atoms with van der Waals surface area (Å²) in [4.78, 5) is 2.33. The lowest BCUT2D eigenvalue weighted by molar-refractivity contribution is 0.256. The summed E-state index contributed by atoms with van der Waals surface area (Å²) in [7, 11) is 0. The van der Waals surface area contributed by atoms with E-state index in [0.717, 1.165) is 0 Å². The Labute approximate surface area is 64.7 Å². The van der Waals surface area contributed by atoms with E-state index in [1.807, 2.05) is 0 Å². The van der Waals surface area contributed by atoms with Crippen molar-refractivity contribution in [2.45, 2.75) is 46.7 Å². The Balaban J connectivity index is 3.98. The molecule has 0 saturated heterocycles. The molecule has 0 spiro atoms. The minimum Gasteiger partial charge on any atom is -0.373 e. The van der Waals surface area contributed by atoms with E-state index in [4.69, 9.17) is 0 Å². The molecular formula is C9H19N. The van der Waals surface area contributed by atoms with Gasteiger partial charge in [-0.3, -0.25) is 0 Å². The standard InChI is InChI=1S/C9H19N/c1-6-7-10(8(2)3)9(4)5/h6-9H,1-5H3. The van der Waals surface area contributed by atoms with Crippen molar-refractivity contribution in [3.63, 3.8) is 0 Å². The Morgan fingerprint density at radius 3 is 1.50 bits per heavy atom. The van der Waals surface area contributed by atoms with Crippen LogP contribution in [-0.2, 0) is 0 Å². The molecule has 10 heavy (non-hydrogen) atoms. The van der Waals surface area contributed by atoms with Crippen molar-refractivity contribution in [2.24, 2.45) is 0 Å². The Bertz CT molecular complexity index is 95.3. The van der Waals surface area contributed by atoms with E-state index in [0.29, 0.717) is 12.1 Å². The van der Waals surface area contributed by atoms with Gasteiger partial charge in [0.05, 0.1) is 0 Å². The molecular weight excluding hydrogens is 122 g/mol. The fourth-order valence-corrected chi connectivity index (χ4v) is 1.11. The van der Waals surface area contributed by atoms with Crippen LogP contribution in [0, 0.1) is 0 Å². The lowest BCUT2D eigenvalue weighted by Gasteiger charge is -2.28. The van der Waals surface area contributed by atoms with Gasteiger partial charge in [0.15, 0.2) is 0 Å². The summed E-state index contributed by atoms with van der Waals surface area (Å²) in [5, 5.41) is 0. The number of hydrogen-bond acceptors (Lipinski definition) is 1. The Morgan fingerprint density at radius 1 is 1.00 bits per heavy atom. The Morgan fingerprint density at radius 2 is 1.40 bits per heavy atom. The first-order valence-electron chi connectivity index (χ1n) is 3.99. The predicted molar refractivity (Wildman–Crippen MR) is 46.9 cm³/mol. The van der Waals surface area contributed by atoms with Crippen molar-refractivity contribution in [3.8, 4) is 0 Å². The largest absolute Gasteiger partial charge is 0.373 e. The van der Waals surface area contributed by atoms with E-state index in [9.17, 15) is 0 Å². The van der Waals surface area contributed by atoms with Gasteiger partial charge in [-0.1, -0.05) is 6.08 Å². The third kappa shape index (κ3) is 2.90. The maximum absolute atomic E-state index is 2.33. The van der Waals surface area contributed by atoms with Crippen molar-refractivity contribution >= 4 is 0 Å². The summed E-state index contributed by atoms with van der Waals surface area (Å²) in [5.41, 5.74) is 0. The highest BCUT2D eigenvalue weighted by atomic mass is 15.1. The van der Waals surface area contributed by atoms with Crippen LogP contribution in [-0.4, -0.2) is 17.0 Å². The molecule has 0 N–H and O–H groups in total. The average Bonchev–Trinajstić information content (AvgIpc) is 1.81. The van der Waals surface area contributed by atoms with Gasteiger partial charge < -0.3 is 4.90 Å². The number of allylic oxidation sites excluding steroid dienone is 1. The highest BCUT2D eigenvalue weighted by Crippen LogP contribution is 2.04. The molecule has 1 heteroatoms. The molecule has 0 aromatic carbocycles. The van der Waals surface area contributed by atoms with Crippen LogP contribution in [0.5, 0.6) is 0 Å². The van der Waals surface area contributed by atoms with E-state index >= 15 is 0 Å². The van der Waals surface area contributed by atoms with Gasteiger partial charge in [-0.2, -0.15) is 0 Å². The van der Waals surface area contributed by atoms with Crippen molar-refractivity contribution in [3.05, 3.63) is 12.3 Å². The molecule has 0 radical (unpaired) electrons. The first-order valence-corrected chi connectivity index (χ1v) is 3.99. The molecule has 0 fully saturated rings. The molecule has 0 heterocycles. The molecule has 60 valence electrons. The molecule has 0 amide bonds. The van der Waals surface area contributed by atoms with E-state index < -0.39 is 0 Å². The van der Waals surface area contributed by atoms with E-state index in [2.05, 4.69) is 51.8 Å². The van der Waals surface area contributed by atoms with Crippen LogP contribution in [0.4, 0.5) is 0 Å². The molecule has 0 aliphatic rings. The first kappa shape index (κ1) is 9.54. The van der Waals surface area contributed by atoms with Crippen LogP contribution in [0.1, 0.15) is 34.6 Å². The summed E-state index contributed by atoms with van der Waals surface area (Å²) >= 11 is 0. The second-order valence-corrected chi connectivity index (χ2v) is 3.12. The lowest BCUT2D eigenvalue weighted by atomic mass is 10.2. The number of hydrogen-bond donors (Lipinski definition) is 0. The molecule has 1 nitrogen and oxygen atoms in total. The van der Waals surface area contributed by atoms with Crippen LogP contribution in [0.25, 0.3) is 0 Å². The zero-order valence-corrected chi connectivity index (χ0v) is 7.76. The molecule has 0 unspecified atom stereocenters. The molecule has 0 aliphatic heterocycles. The van der Waals surface area contributed by atoms with Crippen LogP contribution in [0.15, 0.2) is 12.3 Å². The monoisotopic (exact) mass is 141 g/mol. The molecule has 0 rings (SSSR count). The summed E-state index contributed by atoms with van der Waals surface area (Å²) in [6.07, 6.45) is 4.23. The van der Waals surface area contributed by atoms with Crippen LogP contribution in [0.3, 0.4) is 0 Å². The van der Waals surface area contributed by atoms with Crippen molar-refractivity contribution in [2.75, 3.05) is 0 Å². The smallest absolute Gasteiger partial charge is 0.0230 e. The Kier molecular flexibility index (Phi) is 4.17. The number of rotatable bonds is 3. The highest BCUT2D eigenvalue weighted by Gasteiger charge is 2.06. The third-order valence-electron chi connectivity index (χ3n) is 1.51. The molecule has 0 atom stereocenters. The van der Waals surface area contributed by atoms with Crippen LogP contribution >= 0.6 is 0 Å². The minimum absolute atomic E-state index is 0.608. The summed E-state index contributed by atoms with van der Waals surface area (Å²) < 4.78 is 0. The van der Waals surface area contributed by atoms with E-state index in [-0.39, 0.29) is 0 Å². The van der Waals surface area contributed by atoms with Crippen LogP contribution < -0.4 is 0 Å². The zero-order chi connectivity index (χ0) is 8.15. The highest BCUT2D eigenvalue weighted by molar-refractivity contribution is 4.83. The summed E-state index contributed by atoms with van der Waals surface area (Å²) in [6, 6.07) is 1.22. The van der Waals surface area contributed by atoms with E-state index in [1.165, 1.54) is 0 Å². The van der Waals surface area contributed by atoms with Crippen LogP contribution in [0.2, 0.25) is 0 Å². The quantitative estimate of drug-likeness (QED) is 0.584. The van der Waals surface area contributed by atoms with Gasteiger partial charge in [-0.05, 0) is 40.8 Å². The molecule has 0 saturated carbocycles. The fourth-order valence-electron chi connectivity index (χ4n) is 1.11. The second kappa shape index (κ2) is 4.37. The summed E-state index contributed by atoms with van der Waals surface area (Å²) in [6.45, 7) is 10.9. The molecule has 0 aliphatic carbocycles. The minimum atomic E-state index is 0.608. The van der Waals surface area contributed by atoms with Gasteiger partial charge in [-0.15, -0.1) is 0 Å². The van der Waals surface area contributed by atoms with Gasteiger partial charge in [0.25, 0.3) is 0 Å². The topological polar surface area (TPSA) is 3.24 Å². The zero-order valence-electron chi connectivity index (χ0n) is 7.76. The van der Waals surface area contributed by atoms with Crippen molar-refractivity contribution in [1.82, 2.24) is 4.90 Å². The van der Waals surface area contributed by atoms with Gasteiger partial charge >= 0.3 is 0 Å². The third-order valence-corrected chi connectivity index (χ3v) is 1.51. The predicted octanol–water partition coefficient (Wildman–Crippen LogP) is 2.64. The first-order chi connectivity index (χ1) is 4.59. The second-order valence-electron chi connectivity index (χ2n) is 3.12. The van der Waals surface area contributed by atoms with Gasteiger partial charge in [0, 0.05) is 12.1 Å². The fraction of sp³-hybridized carbons (Fsp3) is 0.778. The average molecular weight is 141 g/mol. The lowest BCUT2D eigenvalue weighted by Crippen LogP contribution is -2.31. The van der Waals surface area contributed by atoms with E-state index in [1.54, 1.807) is 0 Å². The molecule has 0 bridgehead atoms. The summed E-state index contributed by atoms with van der Waals surface area (Å²) in [5.74, 6) is 0. The molecule has 0 aromatic rings. The Hall–Kier alpha value is -0.460. The van der Waals surface area contributed by atoms with Crippen molar-refractivity contribution in [1.29, 1.82) is 0 Å². The van der Waals surface area contributed by atoms with Gasteiger partial charge in [0.1, 0.15) is 0 Å².